The van der Waals surface area contributed by atoms with E-state index < -0.39 is 17.9 Å². The van der Waals surface area contributed by atoms with E-state index in [9.17, 15) is 17.6 Å². The van der Waals surface area contributed by atoms with Gasteiger partial charge in [0.1, 0.15) is 0 Å². The van der Waals surface area contributed by atoms with Crippen molar-refractivity contribution in [3.05, 3.63) is 83.4 Å². The molecule has 0 saturated heterocycles. The number of alkyl halides is 2. The Morgan fingerprint density at radius 1 is 0.679 bits per heavy atom. The molecule has 3 aromatic rings. The van der Waals surface area contributed by atoms with Crippen molar-refractivity contribution in [2.75, 3.05) is 0 Å². The highest BCUT2D eigenvalue weighted by Crippen LogP contribution is 2.43. The molecule has 0 atom stereocenters. The fourth-order valence-electron chi connectivity index (χ4n) is 2.89. The van der Waals surface area contributed by atoms with Crippen LogP contribution in [0.25, 0.3) is 22.8 Å². The number of hydrogen-bond donors (Lipinski definition) is 0. The molecule has 1 aliphatic rings. The molecule has 0 bridgehead atoms. The van der Waals surface area contributed by atoms with Crippen LogP contribution in [0.1, 0.15) is 16.7 Å². The highest BCUT2D eigenvalue weighted by molar-refractivity contribution is 5.84. The van der Waals surface area contributed by atoms with Crippen molar-refractivity contribution < 1.29 is 27.0 Å². The monoisotopic (exact) mass is 386 g/mol. The van der Waals surface area contributed by atoms with Crippen LogP contribution in [0.3, 0.4) is 0 Å². The van der Waals surface area contributed by atoms with Gasteiger partial charge in [-0.1, -0.05) is 54.1 Å². The number of ether oxygens (including phenoxy) is 2. The lowest BCUT2D eigenvalue weighted by Gasteiger charge is -2.06. The Balaban J connectivity index is 1.62. The Kier molecular flexibility index (Phi) is 4.34. The zero-order valence-electron chi connectivity index (χ0n) is 14.7. The molecule has 28 heavy (non-hydrogen) atoms. The number of halogens is 4. The zero-order valence-corrected chi connectivity index (χ0v) is 14.7. The summed E-state index contributed by atoms with van der Waals surface area (Å²) >= 11 is 0. The van der Waals surface area contributed by atoms with Crippen LogP contribution in [-0.2, 0) is 0 Å². The van der Waals surface area contributed by atoms with Gasteiger partial charge in [-0.05, 0) is 36.2 Å². The minimum Gasteiger partial charge on any atom is -0.395 e. The van der Waals surface area contributed by atoms with Gasteiger partial charge in [-0.3, -0.25) is 0 Å². The topological polar surface area (TPSA) is 18.5 Å². The largest absolute Gasteiger partial charge is 0.586 e. The van der Waals surface area contributed by atoms with Gasteiger partial charge < -0.3 is 9.47 Å². The smallest absolute Gasteiger partial charge is 0.395 e. The quantitative estimate of drug-likeness (QED) is 0.366. The maximum absolute atomic E-state index is 14.6. The normalized spacial score (nSPS) is 15.3. The molecule has 2 nitrogen and oxygen atoms in total. The number of rotatable bonds is 3. The molecule has 0 amide bonds. The van der Waals surface area contributed by atoms with E-state index in [1.54, 1.807) is 12.1 Å². The molecule has 142 valence electrons. The summed E-state index contributed by atoms with van der Waals surface area (Å²) in [6, 6.07) is 17.4. The molecule has 0 N–H and O–H groups in total. The Morgan fingerprint density at radius 3 is 1.82 bits per heavy atom. The van der Waals surface area contributed by atoms with Crippen LogP contribution >= 0.6 is 0 Å². The third-order valence-corrected chi connectivity index (χ3v) is 4.37. The van der Waals surface area contributed by atoms with E-state index in [4.69, 9.17) is 0 Å². The molecule has 0 fully saturated rings. The van der Waals surface area contributed by atoms with Crippen LogP contribution in [-0.4, -0.2) is 6.29 Å². The van der Waals surface area contributed by atoms with Crippen molar-refractivity contribution in [3.8, 4) is 22.6 Å². The minimum absolute atomic E-state index is 0.0383. The summed E-state index contributed by atoms with van der Waals surface area (Å²) in [5.41, 5.74) is 2.76. The molecule has 6 heteroatoms. The average molecular weight is 386 g/mol. The van der Waals surface area contributed by atoms with Crippen LogP contribution < -0.4 is 9.47 Å². The van der Waals surface area contributed by atoms with Crippen molar-refractivity contribution in [3.63, 3.8) is 0 Å². The minimum atomic E-state index is -3.81. The first kappa shape index (κ1) is 18.1. The third-order valence-electron chi connectivity index (χ3n) is 4.37. The maximum Gasteiger partial charge on any atom is 0.586 e. The molecule has 0 radical (unpaired) electrons. The zero-order chi connectivity index (χ0) is 19.9. The standard InChI is InChI=1S/C22H14F4O2/c1-13-2-4-14(5-3-13)15-6-8-16(9-7-15)20(23)21(24)17-10-11-18-19(12-17)28-22(25,26)27-18/h2-12H,1H3/b21-20+. The summed E-state index contributed by atoms with van der Waals surface area (Å²) in [5, 5.41) is 0. The van der Waals surface area contributed by atoms with Gasteiger partial charge in [0.2, 0.25) is 0 Å². The van der Waals surface area contributed by atoms with Gasteiger partial charge in [0, 0.05) is 11.1 Å². The summed E-state index contributed by atoms with van der Waals surface area (Å²) in [6.07, 6.45) is -3.81. The van der Waals surface area contributed by atoms with E-state index in [2.05, 4.69) is 9.47 Å². The van der Waals surface area contributed by atoms with E-state index in [1.807, 2.05) is 31.2 Å². The van der Waals surface area contributed by atoms with Crippen molar-refractivity contribution in [2.45, 2.75) is 13.2 Å². The predicted octanol–water partition coefficient (Wildman–Crippen LogP) is 6.75. The van der Waals surface area contributed by atoms with Gasteiger partial charge in [0.25, 0.3) is 0 Å². The lowest BCUT2D eigenvalue weighted by atomic mass is 10.0. The second-order valence-corrected chi connectivity index (χ2v) is 6.40. The third kappa shape index (κ3) is 3.45. The molecule has 4 rings (SSSR count). The van der Waals surface area contributed by atoms with Gasteiger partial charge in [0.15, 0.2) is 23.2 Å². The summed E-state index contributed by atoms with van der Waals surface area (Å²) in [5.74, 6) is -2.85. The van der Waals surface area contributed by atoms with Crippen LogP contribution in [0, 0.1) is 6.92 Å². The second kappa shape index (κ2) is 6.71. The Hall–Kier alpha value is -3.28. The lowest BCUT2D eigenvalue weighted by Crippen LogP contribution is -2.25. The molecule has 0 aromatic heterocycles. The van der Waals surface area contributed by atoms with E-state index >= 15 is 0 Å². The molecule has 0 saturated carbocycles. The molecular formula is C22H14F4O2. The number of aryl methyl sites for hydroxylation is 1. The fraction of sp³-hybridized carbons (Fsp3) is 0.0909. The molecule has 1 heterocycles. The Morgan fingerprint density at radius 2 is 1.18 bits per heavy atom. The van der Waals surface area contributed by atoms with Gasteiger partial charge in [-0.15, -0.1) is 8.78 Å². The number of benzene rings is 3. The SMILES string of the molecule is Cc1ccc(-c2ccc(/C(F)=C(\F)c3ccc4c(c3)OC(F)(F)O4)cc2)cc1. The highest BCUT2D eigenvalue weighted by Gasteiger charge is 2.43. The van der Waals surface area contributed by atoms with E-state index in [0.29, 0.717) is 0 Å². The molecule has 0 spiro atoms. The molecule has 1 aliphatic heterocycles. The van der Waals surface area contributed by atoms with Gasteiger partial charge >= 0.3 is 6.29 Å². The fourth-order valence-corrected chi connectivity index (χ4v) is 2.89. The molecular weight excluding hydrogens is 372 g/mol. The van der Waals surface area contributed by atoms with E-state index in [-0.39, 0.29) is 22.6 Å². The molecule has 0 unspecified atom stereocenters. The Labute approximate surface area is 158 Å². The Bertz CT molecular complexity index is 1050. The number of hydrogen-bond acceptors (Lipinski definition) is 2. The molecule has 3 aromatic carbocycles. The van der Waals surface area contributed by atoms with Crippen LogP contribution in [0.4, 0.5) is 17.6 Å². The number of fused-ring (bicyclic) bond motifs is 1. The first-order valence-corrected chi connectivity index (χ1v) is 8.45. The first-order chi connectivity index (χ1) is 13.3. The summed E-state index contributed by atoms with van der Waals surface area (Å²) in [7, 11) is 0. The summed E-state index contributed by atoms with van der Waals surface area (Å²) in [6.45, 7) is 1.98. The summed E-state index contributed by atoms with van der Waals surface area (Å²) in [4.78, 5) is 0. The van der Waals surface area contributed by atoms with E-state index in [0.717, 1.165) is 34.9 Å². The van der Waals surface area contributed by atoms with E-state index in [1.165, 1.54) is 12.1 Å². The summed E-state index contributed by atoms with van der Waals surface area (Å²) < 4.78 is 63.8. The van der Waals surface area contributed by atoms with Crippen LogP contribution in [0.15, 0.2) is 66.7 Å². The van der Waals surface area contributed by atoms with Gasteiger partial charge in [-0.2, -0.15) is 0 Å². The maximum atomic E-state index is 14.6. The van der Waals surface area contributed by atoms with Crippen molar-refractivity contribution in [2.24, 2.45) is 0 Å². The lowest BCUT2D eigenvalue weighted by molar-refractivity contribution is -0.286. The van der Waals surface area contributed by atoms with Gasteiger partial charge in [0.05, 0.1) is 0 Å². The van der Waals surface area contributed by atoms with Crippen LogP contribution in [0.2, 0.25) is 0 Å². The van der Waals surface area contributed by atoms with Crippen molar-refractivity contribution >= 4 is 11.7 Å². The first-order valence-electron chi connectivity index (χ1n) is 8.45. The highest BCUT2D eigenvalue weighted by atomic mass is 19.3. The van der Waals surface area contributed by atoms with Crippen LogP contribution in [0.5, 0.6) is 11.5 Å². The molecule has 0 aliphatic carbocycles. The average Bonchev–Trinajstić information content (AvgIpc) is 3.00. The predicted molar refractivity (Wildman–Crippen MR) is 98.3 cm³/mol. The second-order valence-electron chi connectivity index (χ2n) is 6.40. The van der Waals surface area contributed by atoms with Crippen molar-refractivity contribution in [1.29, 1.82) is 0 Å². The van der Waals surface area contributed by atoms with Crippen molar-refractivity contribution in [1.82, 2.24) is 0 Å². The van der Waals surface area contributed by atoms with Gasteiger partial charge in [-0.25, -0.2) is 8.78 Å².